The van der Waals surface area contributed by atoms with Crippen molar-refractivity contribution in [3.05, 3.63) is 77.1 Å². The van der Waals surface area contributed by atoms with E-state index in [1.807, 2.05) is 0 Å². The van der Waals surface area contributed by atoms with Gasteiger partial charge in [-0.15, -0.1) is 11.3 Å². The molecule has 6 nitrogen and oxygen atoms in total. The molecule has 0 aliphatic heterocycles. The number of hydrogen-bond acceptors (Lipinski definition) is 5. The van der Waals surface area contributed by atoms with E-state index in [-0.39, 0.29) is 22.1 Å². The van der Waals surface area contributed by atoms with Crippen molar-refractivity contribution in [2.24, 2.45) is 5.73 Å². The highest BCUT2D eigenvalue weighted by Crippen LogP contribution is 2.28. The molecular weight excluding hydrogens is 377 g/mol. The van der Waals surface area contributed by atoms with Crippen molar-refractivity contribution in [1.29, 1.82) is 0 Å². The number of nitrogens with two attached hydrogens (primary N) is 1. The van der Waals surface area contributed by atoms with Gasteiger partial charge < -0.3 is 5.73 Å². The monoisotopic (exact) mass is 391 g/mol. The van der Waals surface area contributed by atoms with Gasteiger partial charge in [0.1, 0.15) is 5.82 Å². The highest BCUT2D eigenvalue weighted by molar-refractivity contribution is 7.93. The minimum Gasteiger partial charge on any atom is -0.366 e. The average Bonchev–Trinajstić information content (AvgIpc) is 3.14. The van der Waals surface area contributed by atoms with E-state index < -0.39 is 21.7 Å². The lowest BCUT2D eigenvalue weighted by molar-refractivity contribution is 0.1000. The van der Waals surface area contributed by atoms with Gasteiger partial charge in [0, 0.05) is 17.1 Å². The van der Waals surface area contributed by atoms with Gasteiger partial charge in [-0.1, -0.05) is 12.1 Å². The quantitative estimate of drug-likeness (QED) is 0.699. The zero-order chi connectivity index (χ0) is 18.7. The molecule has 0 atom stereocenters. The van der Waals surface area contributed by atoms with Crippen LogP contribution in [0.5, 0.6) is 0 Å². The minimum atomic E-state index is -3.97. The Morgan fingerprint density at radius 1 is 1.19 bits per heavy atom. The third-order valence-corrected chi connectivity index (χ3v) is 6.23. The Labute approximate surface area is 153 Å². The summed E-state index contributed by atoms with van der Waals surface area (Å²) in [6, 6.07) is 11.0. The molecule has 0 fully saturated rings. The highest BCUT2D eigenvalue weighted by Gasteiger charge is 2.27. The third-order valence-electron chi connectivity index (χ3n) is 3.57. The second kappa shape index (κ2) is 7.22. The Morgan fingerprint density at radius 3 is 2.50 bits per heavy atom. The maximum absolute atomic E-state index is 13.5. The first kappa shape index (κ1) is 18.0. The first-order chi connectivity index (χ1) is 12.4. The molecule has 0 saturated carbocycles. The largest absolute Gasteiger partial charge is 0.366 e. The summed E-state index contributed by atoms with van der Waals surface area (Å²) in [5.41, 5.74) is 5.87. The van der Waals surface area contributed by atoms with E-state index >= 15 is 0 Å². The molecule has 2 N–H and O–H groups in total. The molecule has 0 aliphatic carbocycles. The molecule has 3 aromatic rings. The molecule has 1 aromatic heterocycles. The van der Waals surface area contributed by atoms with Gasteiger partial charge in [-0.3, -0.25) is 4.79 Å². The average molecular weight is 391 g/mol. The standard InChI is InChI=1S/C17H14FN3O3S2/c18-14-3-1-2-12(10-14)11-21(17-20-8-9-25-17)26(23,24)15-6-4-13(5-7-15)16(19)22/h1-10H,11H2,(H2,19,22). The number of carbonyl (C=O) groups is 1. The van der Waals surface area contributed by atoms with Crippen LogP contribution in [0.25, 0.3) is 0 Å². The fourth-order valence-corrected chi connectivity index (χ4v) is 4.59. The fraction of sp³-hybridized carbons (Fsp3) is 0.0588. The van der Waals surface area contributed by atoms with Crippen LogP contribution in [0.2, 0.25) is 0 Å². The first-order valence-corrected chi connectivity index (χ1v) is 9.76. The lowest BCUT2D eigenvalue weighted by atomic mass is 10.2. The molecule has 9 heteroatoms. The molecule has 1 amide bonds. The maximum atomic E-state index is 13.5. The fourth-order valence-electron chi connectivity index (χ4n) is 2.31. The zero-order valence-corrected chi connectivity index (χ0v) is 15.0. The summed E-state index contributed by atoms with van der Waals surface area (Å²) in [4.78, 5) is 15.2. The number of thiazole rings is 1. The SMILES string of the molecule is NC(=O)c1ccc(S(=O)(=O)N(Cc2cccc(F)c2)c2nccs2)cc1. The third kappa shape index (κ3) is 3.73. The molecule has 134 valence electrons. The molecule has 2 aromatic carbocycles. The van der Waals surface area contributed by atoms with E-state index in [9.17, 15) is 17.6 Å². The number of halogens is 1. The van der Waals surface area contributed by atoms with E-state index in [4.69, 9.17) is 5.73 Å². The van der Waals surface area contributed by atoms with E-state index in [1.54, 1.807) is 11.4 Å². The van der Waals surface area contributed by atoms with Crippen molar-refractivity contribution < 1.29 is 17.6 Å². The number of benzene rings is 2. The molecule has 0 bridgehead atoms. The van der Waals surface area contributed by atoms with Crippen LogP contribution in [-0.4, -0.2) is 19.3 Å². The highest BCUT2D eigenvalue weighted by atomic mass is 32.2. The number of sulfonamides is 1. The summed E-state index contributed by atoms with van der Waals surface area (Å²) in [5.74, 6) is -1.10. The Bertz CT molecular complexity index is 1020. The van der Waals surface area contributed by atoms with Gasteiger partial charge >= 0.3 is 0 Å². The number of hydrogen-bond donors (Lipinski definition) is 1. The molecule has 0 unspecified atom stereocenters. The smallest absolute Gasteiger partial charge is 0.266 e. The molecular formula is C17H14FN3O3S2. The van der Waals surface area contributed by atoms with Crippen molar-refractivity contribution in [2.45, 2.75) is 11.4 Å². The van der Waals surface area contributed by atoms with Gasteiger partial charge in [0.15, 0.2) is 5.13 Å². The van der Waals surface area contributed by atoms with Crippen LogP contribution < -0.4 is 10.0 Å². The Kier molecular flexibility index (Phi) is 5.01. The van der Waals surface area contributed by atoms with Gasteiger partial charge in [0.05, 0.1) is 11.4 Å². The van der Waals surface area contributed by atoms with E-state index in [0.717, 1.165) is 15.6 Å². The number of carbonyl (C=O) groups excluding carboxylic acids is 1. The lowest BCUT2D eigenvalue weighted by Gasteiger charge is -2.22. The number of rotatable bonds is 6. The number of aromatic nitrogens is 1. The van der Waals surface area contributed by atoms with Crippen molar-refractivity contribution >= 4 is 32.4 Å². The Hall–Kier alpha value is -2.78. The van der Waals surface area contributed by atoms with Gasteiger partial charge in [-0.25, -0.2) is 22.1 Å². The molecule has 0 aliphatic rings. The number of amides is 1. The van der Waals surface area contributed by atoms with Crippen LogP contribution in [-0.2, 0) is 16.6 Å². The number of primary amides is 1. The predicted molar refractivity (Wildman–Crippen MR) is 96.8 cm³/mol. The van der Waals surface area contributed by atoms with Crippen molar-refractivity contribution in [1.82, 2.24) is 4.98 Å². The van der Waals surface area contributed by atoms with E-state index in [2.05, 4.69) is 4.98 Å². The summed E-state index contributed by atoms with van der Waals surface area (Å²) in [7, 11) is -3.97. The summed E-state index contributed by atoms with van der Waals surface area (Å²) in [5, 5.41) is 1.91. The summed E-state index contributed by atoms with van der Waals surface area (Å²) in [6.45, 7) is -0.0782. The van der Waals surface area contributed by atoms with Gasteiger partial charge in [-0.2, -0.15) is 0 Å². The summed E-state index contributed by atoms with van der Waals surface area (Å²) in [6.07, 6.45) is 1.49. The zero-order valence-electron chi connectivity index (χ0n) is 13.4. The Balaban J connectivity index is 2.01. The van der Waals surface area contributed by atoms with E-state index in [0.29, 0.717) is 5.56 Å². The van der Waals surface area contributed by atoms with Crippen molar-refractivity contribution in [3.8, 4) is 0 Å². The normalized spacial score (nSPS) is 11.3. The summed E-state index contributed by atoms with van der Waals surface area (Å²) >= 11 is 1.15. The van der Waals surface area contributed by atoms with Crippen LogP contribution in [0.1, 0.15) is 15.9 Å². The van der Waals surface area contributed by atoms with Crippen LogP contribution in [0.15, 0.2) is 65.0 Å². The predicted octanol–water partition coefficient (Wildman–Crippen LogP) is 2.78. The second-order valence-electron chi connectivity index (χ2n) is 5.34. The van der Waals surface area contributed by atoms with Crippen molar-refractivity contribution in [3.63, 3.8) is 0 Å². The minimum absolute atomic E-state index is 0.0193. The van der Waals surface area contributed by atoms with E-state index in [1.165, 1.54) is 48.7 Å². The lowest BCUT2D eigenvalue weighted by Crippen LogP contribution is -2.30. The maximum Gasteiger partial charge on any atom is 0.266 e. The molecule has 0 saturated heterocycles. The molecule has 0 radical (unpaired) electrons. The molecule has 26 heavy (non-hydrogen) atoms. The van der Waals surface area contributed by atoms with Gasteiger partial charge in [-0.05, 0) is 42.0 Å². The number of anilines is 1. The topological polar surface area (TPSA) is 93.4 Å². The van der Waals surface area contributed by atoms with Gasteiger partial charge in [0.25, 0.3) is 10.0 Å². The van der Waals surface area contributed by atoms with Crippen LogP contribution in [0.3, 0.4) is 0 Å². The summed E-state index contributed by atoms with van der Waals surface area (Å²) < 4.78 is 40.7. The molecule has 1 heterocycles. The second-order valence-corrected chi connectivity index (χ2v) is 8.08. The molecule has 0 spiro atoms. The Morgan fingerprint density at radius 2 is 1.92 bits per heavy atom. The first-order valence-electron chi connectivity index (χ1n) is 7.44. The van der Waals surface area contributed by atoms with Crippen LogP contribution in [0.4, 0.5) is 9.52 Å². The molecule has 3 rings (SSSR count). The van der Waals surface area contributed by atoms with Crippen LogP contribution in [0, 0.1) is 5.82 Å². The van der Waals surface area contributed by atoms with Gasteiger partial charge in [0.2, 0.25) is 5.91 Å². The number of nitrogens with zero attached hydrogens (tertiary/aromatic N) is 2. The van der Waals surface area contributed by atoms with Crippen LogP contribution >= 0.6 is 11.3 Å². The van der Waals surface area contributed by atoms with Crippen molar-refractivity contribution in [2.75, 3.05) is 4.31 Å².